The van der Waals surface area contributed by atoms with Crippen LogP contribution in [0.15, 0.2) is 24.8 Å². The number of halogens is 1. The fourth-order valence-electron chi connectivity index (χ4n) is 0.618. The summed E-state index contributed by atoms with van der Waals surface area (Å²) in [5, 5.41) is 2.64. The van der Waals surface area contributed by atoms with Crippen molar-refractivity contribution in [1.29, 1.82) is 0 Å². The van der Waals surface area contributed by atoms with Crippen molar-refractivity contribution in [3.8, 4) is 0 Å². The lowest BCUT2D eigenvalue weighted by Crippen LogP contribution is -2.27. The Morgan fingerprint density at radius 3 is 2.17 bits per heavy atom. The molecule has 0 fully saturated rings. The average Bonchev–Trinajstić information content (AvgIpc) is 2.25. The molecular formula is C12H23ClN2O3. The molecule has 0 bridgehead atoms. The second-order valence-electron chi connectivity index (χ2n) is 3.57. The van der Waals surface area contributed by atoms with Crippen LogP contribution in [0.4, 0.5) is 0 Å². The van der Waals surface area contributed by atoms with Gasteiger partial charge in [-0.3, -0.25) is 4.79 Å². The monoisotopic (exact) mass is 278 g/mol. The highest BCUT2D eigenvalue weighted by Crippen LogP contribution is 1.89. The Morgan fingerprint density at radius 1 is 1.44 bits per heavy atom. The van der Waals surface area contributed by atoms with E-state index in [0.717, 1.165) is 0 Å². The zero-order chi connectivity index (χ0) is 13.8. The number of carbonyl (C=O) groups excluding carboxylic acids is 2. The maximum Gasteiger partial charge on any atom is 0.333 e. The molecule has 0 saturated heterocycles. The number of amides is 1. The van der Waals surface area contributed by atoms with Crippen LogP contribution in [0.2, 0.25) is 0 Å². The van der Waals surface area contributed by atoms with E-state index in [0.29, 0.717) is 12.1 Å². The second kappa shape index (κ2) is 13.7. The van der Waals surface area contributed by atoms with Gasteiger partial charge in [0, 0.05) is 18.2 Å². The van der Waals surface area contributed by atoms with Gasteiger partial charge >= 0.3 is 5.97 Å². The molecular weight excluding hydrogens is 256 g/mol. The van der Waals surface area contributed by atoms with Crippen molar-refractivity contribution in [1.82, 2.24) is 5.32 Å². The fourth-order valence-corrected chi connectivity index (χ4v) is 0.618. The van der Waals surface area contributed by atoms with Gasteiger partial charge in [-0.2, -0.15) is 0 Å². The van der Waals surface area contributed by atoms with E-state index in [1.807, 2.05) is 13.8 Å². The SMILES string of the molecule is C=C(C)C(=O)OCCN.C=CC(=O)NC(C)C.Cl. The van der Waals surface area contributed by atoms with E-state index in [2.05, 4.69) is 23.2 Å². The number of esters is 1. The Hall–Kier alpha value is -1.33. The quantitative estimate of drug-likeness (QED) is 0.584. The van der Waals surface area contributed by atoms with Crippen molar-refractivity contribution in [2.24, 2.45) is 5.73 Å². The maximum absolute atomic E-state index is 10.5. The minimum absolute atomic E-state index is 0. The molecule has 0 radical (unpaired) electrons. The topological polar surface area (TPSA) is 81.4 Å². The molecule has 0 aromatic heterocycles. The van der Waals surface area contributed by atoms with Crippen LogP contribution in [-0.4, -0.2) is 31.1 Å². The Morgan fingerprint density at radius 2 is 1.94 bits per heavy atom. The molecule has 5 nitrogen and oxygen atoms in total. The highest BCUT2D eigenvalue weighted by molar-refractivity contribution is 5.87. The molecule has 0 heterocycles. The molecule has 3 N–H and O–H groups in total. The molecule has 6 heteroatoms. The summed E-state index contributed by atoms with van der Waals surface area (Å²) in [6.45, 7) is 12.7. The predicted octanol–water partition coefficient (Wildman–Crippen LogP) is 1.18. The van der Waals surface area contributed by atoms with Crippen LogP contribution >= 0.6 is 12.4 Å². The van der Waals surface area contributed by atoms with E-state index in [1.165, 1.54) is 6.08 Å². The first-order valence-corrected chi connectivity index (χ1v) is 5.30. The van der Waals surface area contributed by atoms with Crippen molar-refractivity contribution >= 4 is 24.3 Å². The number of nitrogens with one attached hydrogen (secondary N) is 1. The van der Waals surface area contributed by atoms with Crippen LogP contribution in [-0.2, 0) is 14.3 Å². The van der Waals surface area contributed by atoms with Gasteiger partial charge in [0.15, 0.2) is 0 Å². The van der Waals surface area contributed by atoms with Gasteiger partial charge in [-0.15, -0.1) is 12.4 Å². The molecule has 0 aliphatic rings. The van der Waals surface area contributed by atoms with Crippen LogP contribution in [0.5, 0.6) is 0 Å². The van der Waals surface area contributed by atoms with Gasteiger partial charge in [0.1, 0.15) is 6.61 Å². The number of carbonyl (C=O) groups is 2. The molecule has 0 aliphatic heterocycles. The zero-order valence-electron chi connectivity index (χ0n) is 11.2. The largest absolute Gasteiger partial charge is 0.461 e. The Kier molecular flexibility index (Phi) is 16.7. The highest BCUT2D eigenvalue weighted by Gasteiger charge is 1.99. The van der Waals surface area contributed by atoms with Crippen LogP contribution < -0.4 is 11.1 Å². The lowest BCUT2D eigenvalue weighted by molar-refractivity contribution is -0.138. The lowest BCUT2D eigenvalue weighted by atomic mass is 10.4. The maximum atomic E-state index is 10.5. The summed E-state index contributed by atoms with van der Waals surface area (Å²) < 4.78 is 4.59. The van der Waals surface area contributed by atoms with Gasteiger partial charge in [0.2, 0.25) is 5.91 Å². The summed E-state index contributed by atoms with van der Waals surface area (Å²) in [4.78, 5) is 20.9. The smallest absolute Gasteiger partial charge is 0.333 e. The number of nitrogens with two attached hydrogens (primary N) is 1. The molecule has 0 aromatic rings. The summed E-state index contributed by atoms with van der Waals surface area (Å²) in [5.41, 5.74) is 5.48. The van der Waals surface area contributed by atoms with Crippen LogP contribution in [0.25, 0.3) is 0 Å². The van der Waals surface area contributed by atoms with E-state index < -0.39 is 0 Å². The van der Waals surface area contributed by atoms with Gasteiger partial charge in [-0.05, 0) is 26.8 Å². The molecule has 0 aliphatic carbocycles. The predicted molar refractivity (Wildman–Crippen MR) is 75.6 cm³/mol. The van der Waals surface area contributed by atoms with Crippen molar-refractivity contribution < 1.29 is 14.3 Å². The molecule has 18 heavy (non-hydrogen) atoms. The second-order valence-corrected chi connectivity index (χ2v) is 3.57. The van der Waals surface area contributed by atoms with E-state index in [4.69, 9.17) is 5.73 Å². The summed E-state index contributed by atoms with van der Waals surface area (Å²) in [5.74, 6) is -0.486. The van der Waals surface area contributed by atoms with Gasteiger partial charge < -0.3 is 15.8 Å². The van der Waals surface area contributed by atoms with Crippen molar-refractivity contribution in [2.45, 2.75) is 26.8 Å². The van der Waals surface area contributed by atoms with Gasteiger partial charge in [0.05, 0.1) is 0 Å². The Balaban J connectivity index is -0.000000238. The number of ether oxygens (including phenoxy) is 1. The molecule has 0 saturated carbocycles. The van der Waals surface area contributed by atoms with Crippen molar-refractivity contribution in [3.05, 3.63) is 24.8 Å². The van der Waals surface area contributed by atoms with E-state index in [1.54, 1.807) is 6.92 Å². The molecule has 1 amide bonds. The lowest BCUT2D eigenvalue weighted by Gasteiger charge is -2.02. The van der Waals surface area contributed by atoms with Gasteiger partial charge in [-0.25, -0.2) is 4.79 Å². The zero-order valence-corrected chi connectivity index (χ0v) is 12.0. The third kappa shape index (κ3) is 17.1. The van der Waals surface area contributed by atoms with Crippen LogP contribution in [0, 0.1) is 0 Å². The number of rotatable bonds is 5. The summed E-state index contributed by atoms with van der Waals surface area (Å²) in [7, 11) is 0. The Labute approximate surface area is 115 Å². The van der Waals surface area contributed by atoms with Crippen LogP contribution in [0.1, 0.15) is 20.8 Å². The number of hydrogen-bond donors (Lipinski definition) is 2. The van der Waals surface area contributed by atoms with E-state index >= 15 is 0 Å². The first-order valence-electron chi connectivity index (χ1n) is 5.30. The third-order valence-electron chi connectivity index (χ3n) is 1.32. The average molecular weight is 279 g/mol. The normalized spacial score (nSPS) is 8.28. The first-order chi connectivity index (χ1) is 7.84. The van der Waals surface area contributed by atoms with E-state index in [9.17, 15) is 9.59 Å². The summed E-state index contributed by atoms with van der Waals surface area (Å²) >= 11 is 0. The first kappa shape index (κ1) is 21.9. The Bertz CT molecular complexity index is 278. The molecule has 0 spiro atoms. The van der Waals surface area contributed by atoms with E-state index in [-0.39, 0.29) is 36.9 Å². The minimum atomic E-state index is -0.375. The standard InChI is InChI=1S/C6H11NO2.C6H11NO.ClH/c1-5(2)6(8)9-4-3-7;1-4-6(8)7-5(2)3;/h1,3-4,7H2,2H3;4-5H,1H2,2-3H3,(H,7,8);1H. The molecule has 106 valence electrons. The van der Waals surface area contributed by atoms with Gasteiger partial charge in [-0.1, -0.05) is 13.2 Å². The summed E-state index contributed by atoms with van der Waals surface area (Å²) in [6, 6.07) is 0.209. The molecule has 0 atom stereocenters. The van der Waals surface area contributed by atoms with Crippen molar-refractivity contribution in [2.75, 3.05) is 13.2 Å². The fraction of sp³-hybridized carbons (Fsp3) is 0.500. The minimum Gasteiger partial charge on any atom is -0.461 e. The third-order valence-corrected chi connectivity index (χ3v) is 1.32. The molecule has 0 aromatic carbocycles. The summed E-state index contributed by atoms with van der Waals surface area (Å²) in [6.07, 6.45) is 1.26. The van der Waals surface area contributed by atoms with Gasteiger partial charge in [0.25, 0.3) is 0 Å². The van der Waals surface area contributed by atoms with Crippen molar-refractivity contribution in [3.63, 3.8) is 0 Å². The molecule has 0 unspecified atom stereocenters. The molecule has 0 rings (SSSR count). The number of hydrogen-bond acceptors (Lipinski definition) is 4. The highest BCUT2D eigenvalue weighted by atomic mass is 35.5. The van der Waals surface area contributed by atoms with Crippen LogP contribution in [0.3, 0.4) is 0 Å².